The Bertz CT molecular complexity index is 879. The number of Topliss-reactive ketones (excluding diaryl/α,β-unsaturated/α-hetero) is 1. The number of nitrogens with zero attached hydrogens (tertiary/aromatic N) is 1. The number of anilines is 1. The van der Waals surface area contributed by atoms with Crippen LogP contribution in [0.25, 0.3) is 0 Å². The number of carbonyl (C=O) groups is 2. The summed E-state index contributed by atoms with van der Waals surface area (Å²) in [6.07, 6.45) is -0.189. The zero-order chi connectivity index (χ0) is 21.4. The Morgan fingerprint density at radius 2 is 1.86 bits per heavy atom. The molecular weight excluding hydrogens is 376 g/mol. The zero-order valence-corrected chi connectivity index (χ0v) is 16.6. The van der Waals surface area contributed by atoms with Crippen LogP contribution in [0.15, 0.2) is 42.5 Å². The molecule has 0 spiro atoms. The van der Waals surface area contributed by atoms with Gasteiger partial charge in [0.25, 0.3) is 5.69 Å². The molecule has 0 radical (unpaired) electrons. The van der Waals surface area contributed by atoms with Crippen LogP contribution in [0.4, 0.5) is 11.4 Å². The molecule has 0 aromatic heterocycles. The summed E-state index contributed by atoms with van der Waals surface area (Å²) in [7, 11) is 1.53. The topological polar surface area (TPSA) is 108 Å². The number of nitro benzene ring substituents is 1. The predicted molar refractivity (Wildman–Crippen MR) is 108 cm³/mol. The van der Waals surface area contributed by atoms with Crippen molar-refractivity contribution in [2.24, 2.45) is 0 Å². The highest BCUT2D eigenvalue weighted by Crippen LogP contribution is 2.24. The Balaban J connectivity index is 2.19. The molecule has 8 heteroatoms. The lowest BCUT2D eigenvalue weighted by Crippen LogP contribution is -2.25. The SMILES string of the molecule is CCc1ccc(C(=O)[C@H](C)OC(=O)c2cc([N+](=O)[O-])ccc2NCCOC)cc1. The summed E-state index contributed by atoms with van der Waals surface area (Å²) in [6.45, 7) is 4.27. The number of nitro groups is 1. The summed E-state index contributed by atoms with van der Waals surface area (Å²) in [6, 6.07) is 10.9. The first-order valence-electron chi connectivity index (χ1n) is 9.22. The summed E-state index contributed by atoms with van der Waals surface area (Å²) in [5.41, 5.74) is 1.62. The summed E-state index contributed by atoms with van der Waals surface area (Å²) >= 11 is 0. The molecule has 0 heterocycles. The number of ketones is 1. The molecular formula is C21H24N2O6. The highest BCUT2D eigenvalue weighted by atomic mass is 16.6. The van der Waals surface area contributed by atoms with E-state index >= 15 is 0 Å². The highest BCUT2D eigenvalue weighted by molar-refractivity contribution is 6.02. The molecule has 0 aliphatic rings. The first kappa shape index (κ1) is 22.0. The number of methoxy groups -OCH3 is 1. The first-order chi connectivity index (χ1) is 13.9. The van der Waals surface area contributed by atoms with Crippen LogP contribution in [0.2, 0.25) is 0 Å². The Morgan fingerprint density at radius 3 is 2.45 bits per heavy atom. The number of non-ortho nitro benzene ring substituents is 1. The summed E-state index contributed by atoms with van der Waals surface area (Å²) in [5, 5.41) is 14.0. The number of benzene rings is 2. The van der Waals surface area contributed by atoms with E-state index in [9.17, 15) is 19.7 Å². The van der Waals surface area contributed by atoms with Gasteiger partial charge in [0, 0.05) is 37.0 Å². The van der Waals surface area contributed by atoms with Gasteiger partial charge in [-0.05, 0) is 25.0 Å². The summed E-state index contributed by atoms with van der Waals surface area (Å²) < 4.78 is 10.3. The monoisotopic (exact) mass is 400 g/mol. The van der Waals surface area contributed by atoms with Gasteiger partial charge in [0.2, 0.25) is 5.78 Å². The molecule has 8 nitrogen and oxygen atoms in total. The van der Waals surface area contributed by atoms with Gasteiger partial charge in [-0.15, -0.1) is 0 Å². The number of esters is 1. The fraction of sp³-hybridized carbons (Fsp3) is 0.333. The number of hydrogen-bond acceptors (Lipinski definition) is 7. The van der Waals surface area contributed by atoms with E-state index in [2.05, 4.69) is 5.32 Å². The van der Waals surface area contributed by atoms with E-state index < -0.39 is 17.0 Å². The number of ether oxygens (including phenoxy) is 2. The van der Waals surface area contributed by atoms with Gasteiger partial charge in [0.1, 0.15) is 0 Å². The molecule has 2 aromatic carbocycles. The molecule has 0 saturated carbocycles. The molecule has 0 bridgehead atoms. The normalized spacial score (nSPS) is 11.6. The number of hydrogen-bond donors (Lipinski definition) is 1. The van der Waals surface area contributed by atoms with Gasteiger partial charge in [0.05, 0.1) is 17.1 Å². The van der Waals surface area contributed by atoms with Gasteiger partial charge >= 0.3 is 5.97 Å². The molecule has 2 aromatic rings. The molecule has 0 amide bonds. The Labute approximate surface area is 169 Å². The minimum absolute atomic E-state index is 0.0173. The fourth-order valence-corrected chi connectivity index (χ4v) is 2.67. The number of aryl methyl sites for hydroxylation is 1. The van der Waals surface area contributed by atoms with Crippen LogP contribution in [-0.4, -0.2) is 43.0 Å². The van der Waals surface area contributed by atoms with Gasteiger partial charge in [-0.2, -0.15) is 0 Å². The van der Waals surface area contributed by atoms with E-state index in [1.54, 1.807) is 12.1 Å². The average Bonchev–Trinajstić information content (AvgIpc) is 2.73. The van der Waals surface area contributed by atoms with E-state index in [-0.39, 0.29) is 17.0 Å². The average molecular weight is 400 g/mol. The van der Waals surface area contributed by atoms with Crippen LogP contribution in [-0.2, 0) is 15.9 Å². The van der Waals surface area contributed by atoms with Gasteiger partial charge < -0.3 is 14.8 Å². The fourth-order valence-electron chi connectivity index (χ4n) is 2.67. The molecule has 0 saturated heterocycles. The van der Waals surface area contributed by atoms with Crippen LogP contribution in [0.1, 0.15) is 40.1 Å². The maximum absolute atomic E-state index is 12.7. The number of carbonyl (C=O) groups excluding carboxylic acids is 2. The minimum atomic E-state index is -1.04. The smallest absolute Gasteiger partial charge is 0.341 e. The quantitative estimate of drug-likeness (QED) is 0.213. The second kappa shape index (κ2) is 10.3. The molecule has 1 atom stereocenters. The molecule has 0 aliphatic heterocycles. The van der Waals surface area contributed by atoms with Crippen molar-refractivity contribution in [1.82, 2.24) is 0 Å². The maximum Gasteiger partial charge on any atom is 0.341 e. The summed E-state index contributed by atoms with van der Waals surface area (Å²) in [5.74, 6) is -1.17. The molecule has 29 heavy (non-hydrogen) atoms. The predicted octanol–water partition coefficient (Wildman–Crippen LogP) is 3.64. The van der Waals surface area contributed by atoms with Crippen molar-refractivity contribution in [1.29, 1.82) is 0 Å². The van der Waals surface area contributed by atoms with Crippen LogP contribution in [0.5, 0.6) is 0 Å². The van der Waals surface area contributed by atoms with E-state index in [0.717, 1.165) is 18.1 Å². The van der Waals surface area contributed by atoms with Crippen LogP contribution < -0.4 is 5.32 Å². The lowest BCUT2D eigenvalue weighted by Gasteiger charge is -2.15. The molecule has 154 valence electrons. The number of rotatable bonds is 10. The van der Waals surface area contributed by atoms with Gasteiger partial charge in [-0.25, -0.2) is 4.79 Å². The second-order valence-electron chi connectivity index (χ2n) is 6.37. The molecule has 0 fully saturated rings. The van der Waals surface area contributed by atoms with Crippen LogP contribution in [0, 0.1) is 10.1 Å². The molecule has 2 rings (SSSR count). The molecule has 0 aliphatic carbocycles. The van der Waals surface area contributed by atoms with Crippen molar-refractivity contribution in [3.63, 3.8) is 0 Å². The molecule has 0 unspecified atom stereocenters. The molecule has 1 N–H and O–H groups in total. The Kier molecular flexibility index (Phi) is 7.85. The van der Waals surface area contributed by atoms with Crippen molar-refractivity contribution in [2.45, 2.75) is 26.4 Å². The van der Waals surface area contributed by atoms with Crippen LogP contribution >= 0.6 is 0 Å². The first-order valence-corrected chi connectivity index (χ1v) is 9.22. The maximum atomic E-state index is 12.7. The van der Waals surface area contributed by atoms with Crippen molar-refractivity contribution in [3.8, 4) is 0 Å². The van der Waals surface area contributed by atoms with E-state index in [0.29, 0.717) is 24.4 Å². The van der Waals surface area contributed by atoms with Crippen molar-refractivity contribution < 1.29 is 24.0 Å². The standard InChI is InChI=1S/C21H24N2O6/c1-4-15-5-7-16(8-6-15)20(24)14(2)29-21(25)18-13-17(23(26)27)9-10-19(18)22-11-12-28-3/h5-10,13-14,22H,4,11-12H2,1-3H3/t14-/m0/s1. The van der Waals surface area contributed by atoms with Gasteiger partial charge in [0.15, 0.2) is 6.10 Å². The van der Waals surface area contributed by atoms with Gasteiger partial charge in [-0.3, -0.25) is 14.9 Å². The lowest BCUT2D eigenvalue weighted by molar-refractivity contribution is -0.384. The third-order valence-corrected chi connectivity index (χ3v) is 4.36. The Hall–Kier alpha value is -3.26. The van der Waals surface area contributed by atoms with E-state index in [1.165, 1.54) is 26.2 Å². The lowest BCUT2D eigenvalue weighted by atomic mass is 10.0. The van der Waals surface area contributed by atoms with Crippen molar-refractivity contribution in [3.05, 3.63) is 69.3 Å². The third kappa shape index (κ3) is 5.86. The van der Waals surface area contributed by atoms with E-state index in [4.69, 9.17) is 9.47 Å². The Morgan fingerprint density at radius 1 is 1.17 bits per heavy atom. The van der Waals surface area contributed by atoms with Crippen LogP contribution in [0.3, 0.4) is 0 Å². The third-order valence-electron chi connectivity index (χ3n) is 4.36. The van der Waals surface area contributed by atoms with E-state index in [1.807, 2.05) is 19.1 Å². The number of nitrogens with one attached hydrogen (secondary N) is 1. The van der Waals surface area contributed by atoms with Gasteiger partial charge in [-0.1, -0.05) is 31.2 Å². The van der Waals surface area contributed by atoms with Crippen molar-refractivity contribution in [2.75, 3.05) is 25.6 Å². The van der Waals surface area contributed by atoms with Crippen molar-refractivity contribution >= 4 is 23.1 Å². The largest absolute Gasteiger partial charge is 0.451 e. The summed E-state index contributed by atoms with van der Waals surface area (Å²) in [4.78, 5) is 35.7. The second-order valence-corrected chi connectivity index (χ2v) is 6.37. The zero-order valence-electron chi connectivity index (χ0n) is 16.6. The minimum Gasteiger partial charge on any atom is -0.451 e. The highest BCUT2D eigenvalue weighted by Gasteiger charge is 2.24.